The van der Waals surface area contributed by atoms with E-state index in [1.807, 2.05) is 12.1 Å². The van der Waals surface area contributed by atoms with Crippen molar-refractivity contribution < 1.29 is 19.1 Å². The lowest BCUT2D eigenvalue weighted by atomic mass is 10.1. The van der Waals surface area contributed by atoms with Gasteiger partial charge in [-0.1, -0.05) is 48.5 Å². The normalized spacial score (nSPS) is 17.2. The summed E-state index contributed by atoms with van der Waals surface area (Å²) in [7, 11) is 0. The number of nitrogens with zero attached hydrogens (tertiary/aromatic N) is 4. The number of amides is 2. The van der Waals surface area contributed by atoms with E-state index >= 15 is 0 Å². The van der Waals surface area contributed by atoms with Crippen LogP contribution in [0.1, 0.15) is 10.5 Å². The molecule has 9 nitrogen and oxygen atoms in total. The Hall–Kier alpha value is -4.50. The number of carbonyl (C=O) groups excluding carboxylic acids is 2. The number of carbonyl (C=O) groups is 2. The molecule has 0 aliphatic carbocycles. The minimum Gasteiger partial charge on any atom is -0.476 e. The lowest BCUT2D eigenvalue weighted by Gasteiger charge is -2.37. The monoisotopic (exact) mass is 496 g/mol. The van der Waals surface area contributed by atoms with Crippen LogP contribution in [0.3, 0.4) is 0 Å². The molecule has 186 valence electrons. The zero-order valence-corrected chi connectivity index (χ0v) is 19.9. The first-order chi connectivity index (χ1) is 18.1. The fourth-order valence-electron chi connectivity index (χ4n) is 4.76. The van der Waals surface area contributed by atoms with Crippen molar-refractivity contribution in [3.63, 3.8) is 0 Å². The maximum Gasteiger partial charge on any atom is 0.279 e. The van der Waals surface area contributed by atoms with Gasteiger partial charge in [0.1, 0.15) is 5.75 Å². The summed E-state index contributed by atoms with van der Waals surface area (Å²) in [6, 6.07) is 23.0. The van der Waals surface area contributed by atoms with Crippen LogP contribution in [0.2, 0.25) is 0 Å². The van der Waals surface area contributed by atoms with Gasteiger partial charge >= 0.3 is 0 Å². The van der Waals surface area contributed by atoms with Gasteiger partial charge in [0.05, 0.1) is 36.5 Å². The van der Waals surface area contributed by atoms with Crippen molar-refractivity contribution in [2.75, 3.05) is 37.7 Å². The lowest BCUT2D eigenvalue weighted by Crippen LogP contribution is -2.54. The first-order valence-corrected chi connectivity index (χ1v) is 12.1. The second-order valence-electron chi connectivity index (χ2n) is 8.87. The average molecular weight is 497 g/mol. The van der Waals surface area contributed by atoms with Gasteiger partial charge in [-0.15, -0.1) is 0 Å². The molecule has 1 unspecified atom stereocenters. The number of hydrogen-bond acceptors (Lipinski definition) is 6. The number of aromatic nitrogens is 2. The highest BCUT2D eigenvalue weighted by Gasteiger charge is 2.37. The fourth-order valence-corrected chi connectivity index (χ4v) is 4.76. The van der Waals surface area contributed by atoms with Crippen molar-refractivity contribution >= 4 is 28.3 Å². The molecule has 2 aliphatic rings. The van der Waals surface area contributed by atoms with E-state index in [-0.39, 0.29) is 23.7 Å². The van der Waals surface area contributed by atoms with Gasteiger partial charge in [0, 0.05) is 18.5 Å². The van der Waals surface area contributed by atoms with Crippen LogP contribution in [0, 0.1) is 0 Å². The van der Waals surface area contributed by atoms with Gasteiger partial charge in [0.2, 0.25) is 0 Å². The summed E-state index contributed by atoms with van der Waals surface area (Å²) in [4.78, 5) is 44.0. The van der Waals surface area contributed by atoms with E-state index in [0.717, 1.165) is 0 Å². The summed E-state index contributed by atoms with van der Waals surface area (Å²) in [6.45, 7) is 1.90. The van der Waals surface area contributed by atoms with Gasteiger partial charge in [0.15, 0.2) is 11.8 Å². The van der Waals surface area contributed by atoms with E-state index in [1.165, 1.54) is 9.58 Å². The predicted molar refractivity (Wildman–Crippen MR) is 137 cm³/mol. The van der Waals surface area contributed by atoms with Gasteiger partial charge < -0.3 is 14.4 Å². The first-order valence-electron chi connectivity index (χ1n) is 12.1. The standard InChI is InChI=1S/C28H24N4O5/c33-26-21-11-5-4-10-20(21)25(29-32(26)19-8-2-1-3-9-19)28(35)31-18-24(27(34)30-14-16-36-17-15-30)37-23-13-7-6-12-22(23)31/h1-13,24H,14-18H2. The highest BCUT2D eigenvalue weighted by Crippen LogP contribution is 2.35. The van der Waals surface area contributed by atoms with Crippen LogP contribution in [-0.4, -0.2) is 65.4 Å². The topological polar surface area (TPSA) is 94.0 Å². The molecule has 0 saturated carbocycles. The third-order valence-corrected chi connectivity index (χ3v) is 6.63. The molecule has 1 atom stereocenters. The molecule has 4 aromatic rings. The van der Waals surface area contributed by atoms with E-state index in [4.69, 9.17) is 9.47 Å². The number of rotatable bonds is 3. The number of anilines is 1. The Morgan fingerprint density at radius 2 is 1.51 bits per heavy atom. The highest BCUT2D eigenvalue weighted by atomic mass is 16.5. The quantitative estimate of drug-likeness (QED) is 0.433. The van der Waals surface area contributed by atoms with Crippen LogP contribution in [0.4, 0.5) is 5.69 Å². The molecule has 2 amide bonds. The van der Waals surface area contributed by atoms with Gasteiger partial charge in [-0.3, -0.25) is 19.3 Å². The molecule has 2 aliphatic heterocycles. The Labute approximate surface area is 212 Å². The average Bonchev–Trinajstić information content (AvgIpc) is 2.97. The van der Waals surface area contributed by atoms with Crippen molar-refractivity contribution in [3.05, 3.63) is 94.9 Å². The van der Waals surface area contributed by atoms with Crippen molar-refractivity contribution in [2.45, 2.75) is 6.10 Å². The Balaban J connectivity index is 1.45. The zero-order valence-electron chi connectivity index (χ0n) is 19.9. The molecule has 1 saturated heterocycles. The van der Waals surface area contributed by atoms with Crippen molar-refractivity contribution in [1.82, 2.24) is 14.7 Å². The van der Waals surface area contributed by atoms with E-state index in [0.29, 0.717) is 54.2 Å². The van der Waals surface area contributed by atoms with Crippen LogP contribution in [0.5, 0.6) is 5.75 Å². The number of morpholine rings is 1. The molecule has 3 heterocycles. The molecule has 0 bridgehead atoms. The van der Waals surface area contributed by atoms with Crippen molar-refractivity contribution in [3.8, 4) is 11.4 Å². The second kappa shape index (κ2) is 9.51. The van der Waals surface area contributed by atoms with Gasteiger partial charge in [-0.25, -0.2) is 0 Å². The zero-order chi connectivity index (χ0) is 25.4. The largest absolute Gasteiger partial charge is 0.476 e. The number of hydrogen-bond donors (Lipinski definition) is 0. The number of para-hydroxylation sites is 3. The van der Waals surface area contributed by atoms with Crippen molar-refractivity contribution in [1.29, 1.82) is 0 Å². The summed E-state index contributed by atoms with van der Waals surface area (Å²) < 4.78 is 12.7. The number of benzene rings is 3. The van der Waals surface area contributed by atoms with Gasteiger partial charge in [0.25, 0.3) is 17.4 Å². The van der Waals surface area contributed by atoms with E-state index in [1.54, 1.807) is 71.6 Å². The molecule has 9 heteroatoms. The summed E-state index contributed by atoms with van der Waals surface area (Å²) in [5.41, 5.74) is 0.895. The Morgan fingerprint density at radius 1 is 0.838 bits per heavy atom. The maximum absolute atomic E-state index is 14.2. The van der Waals surface area contributed by atoms with E-state index < -0.39 is 12.0 Å². The third kappa shape index (κ3) is 4.13. The summed E-state index contributed by atoms with van der Waals surface area (Å²) in [5, 5.41) is 5.37. The smallest absolute Gasteiger partial charge is 0.279 e. The predicted octanol–water partition coefficient (Wildman–Crippen LogP) is 2.65. The van der Waals surface area contributed by atoms with E-state index in [2.05, 4.69) is 5.10 Å². The molecule has 0 spiro atoms. The van der Waals surface area contributed by atoms with Crippen LogP contribution in [-0.2, 0) is 9.53 Å². The van der Waals surface area contributed by atoms with Crippen LogP contribution < -0.4 is 15.2 Å². The molecule has 0 N–H and O–H groups in total. The van der Waals surface area contributed by atoms with E-state index in [9.17, 15) is 14.4 Å². The van der Waals surface area contributed by atoms with Crippen LogP contribution >= 0.6 is 0 Å². The third-order valence-electron chi connectivity index (χ3n) is 6.63. The SMILES string of the molecule is O=C(C1CN(C(=O)c2nn(-c3ccccc3)c(=O)c3ccccc23)c2ccccc2O1)N1CCOCC1. The first kappa shape index (κ1) is 22.9. The Kier molecular flexibility index (Phi) is 5.90. The number of ether oxygens (including phenoxy) is 2. The minimum absolute atomic E-state index is 0.0203. The van der Waals surface area contributed by atoms with Crippen LogP contribution in [0.25, 0.3) is 16.5 Å². The van der Waals surface area contributed by atoms with Gasteiger partial charge in [-0.05, 0) is 30.3 Å². The molecule has 0 radical (unpaired) electrons. The Bertz CT molecular complexity index is 1550. The van der Waals surface area contributed by atoms with Crippen LogP contribution in [0.15, 0.2) is 83.7 Å². The summed E-state index contributed by atoms with van der Waals surface area (Å²) in [6.07, 6.45) is -0.872. The maximum atomic E-state index is 14.2. The molecular formula is C28H24N4O5. The molecule has 37 heavy (non-hydrogen) atoms. The lowest BCUT2D eigenvalue weighted by molar-refractivity contribution is -0.142. The minimum atomic E-state index is -0.872. The molecule has 6 rings (SSSR count). The highest BCUT2D eigenvalue weighted by molar-refractivity contribution is 6.13. The molecule has 1 fully saturated rings. The molecular weight excluding hydrogens is 472 g/mol. The summed E-state index contributed by atoms with van der Waals surface area (Å²) >= 11 is 0. The Morgan fingerprint density at radius 3 is 2.30 bits per heavy atom. The second-order valence-corrected chi connectivity index (χ2v) is 8.87. The number of fused-ring (bicyclic) bond motifs is 2. The van der Waals surface area contributed by atoms with Gasteiger partial charge in [-0.2, -0.15) is 9.78 Å². The summed E-state index contributed by atoms with van der Waals surface area (Å²) in [5.74, 6) is -0.173. The van der Waals surface area contributed by atoms with Crippen molar-refractivity contribution in [2.24, 2.45) is 0 Å². The fraction of sp³-hybridized carbons (Fsp3) is 0.214. The molecule has 3 aromatic carbocycles. The molecule has 1 aromatic heterocycles.